The quantitative estimate of drug-likeness (QED) is 0.0263. The van der Waals surface area contributed by atoms with E-state index in [1.165, 1.54) is 154 Å². The Bertz CT molecular complexity index is 1020. The van der Waals surface area contributed by atoms with Gasteiger partial charge in [-0.15, -0.1) is 0 Å². The van der Waals surface area contributed by atoms with Crippen molar-refractivity contribution >= 4 is 17.9 Å². The van der Waals surface area contributed by atoms with E-state index in [1.54, 1.807) is 0 Å². The monoisotopic (exact) mass is 843 g/mol. The fourth-order valence-corrected chi connectivity index (χ4v) is 7.35. The van der Waals surface area contributed by atoms with Crippen molar-refractivity contribution in [3.63, 3.8) is 0 Å². The Balaban J connectivity index is 4.36. The third-order valence-corrected chi connectivity index (χ3v) is 11.3. The summed E-state index contributed by atoms with van der Waals surface area (Å²) in [4.78, 5) is 37.9. The first kappa shape index (κ1) is 57.6. The minimum absolute atomic E-state index is 0.0817. The molecule has 350 valence electrons. The lowest BCUT2D eigenvalue weighted by molar-refractivity contribution is -0.167. The fraction of sp³-hybridized carbons (Fsp3) is 0.833. The molecule has 0 aromatic rings. The largest absolute Gasteiger partial charge is 0.462 e. The van der Waals surface area contributed by atoms with Gasteiger partial charge in [-0.05, 0) is 89.9 Å². The van der Waals surface area contributed by atoms with Gasteiger partial charge in [-0.1, -0.05) is 198 Å². The summed E-state index contributed by atoms with van der Waals surface area (Å²) in [5.74, 6) is -0.904. The topological polar surface area (TPSA) is 78.9 Å². The number of rotatable bonds is 47. The Hall–Kier alpha value is -2.37. The van der Waals surface area contributed by atoms with Crippen molar-refractivity contribution in [3.05, 3.63) is 36.5 Å². The molecule has 0 aliphatic carbocycles. The fourth-order valence-electron chi connectivity index (χ4n) is 7.35. The van der Waals surface area contributed by atoms with Crippen LogP contribution in [0.1, 0.15) is 271 Å². The number of esters is 3. The molecule has 1 unspecified atom stereocenters. The molecule has 0 saturated carbocycles. The number of carbonyl (C=O) groups excluding carboxylic acids is 3. The number of hydrogen-bond acceptors (Lipinski definition) is 6. The van der Waals surface area contributed by atoms with E-state index in [9.17, 15) is 14.4 Å². The minimum atomic E-state index is -0.782. The molecule has 0 aliphatic heterocycles. The predicted molar refractivity (Wildman–Crippen MR) is 256 cm³/mol. The second-order valence-electron chi connectivity index (χ2n) is 17.4. The van der Waals surface area contributed by atoms with Crippen LogP contribution in [0, 0.1) is 0 Å². The molecule has 60 heavy (non-hydrogen) atoms. The third kappa shape index (κ3) is 46.7. The number of allylic oxidation sites excluding steroid dienone is 6. The first-order valence-corrected chi connectivity index (χ1v) is 26.0. The van der Waals surface area contributed by atoms with E-state index in [1.807, 2.05) is 0 Å². The Morgan fingerprint density at radius 1 is 0.317 bits per heavy atom. The van der Waals surface area contributed by atoms with Crippen LogP contribution in [0.4, 0.5) is 0 Å². The average Bonchev–Trinajstić information content (AvgIpc) is 3.24. The van der Waals surface area contributed by atoms with Gasteiger partial charge in [0.05, 0.1) is 0 Å². The Morgan fingerprint density at radius 2 is 0.567 bits per heavy atom. The molecule has 0 bridgehead atoms. The van der Waals surface area contributed by atoms with Gasteiger partial charge in [0.15, 0.2) is 6.10 Å². The van der Waals surface area contributed by atoms with Crippen LogP contribution < -0.4 is 0 Å². The van der Waals surface area contributed by atoms with Gasteiger partial charge in [-0.2, -0.15) is 0 Å². The van der Waals surface area contributed by atoms with E-state index in [0.29, 0.717) is 19.3 Å². The molecular formula is C54H98O6. The SMILES string of the molecule is CCCC/C=C\CCCCCCCC(=O)OCC(COC(=O)CCCCCCCCC/C=C\CCCCCCCC)OC(=O)CCCCC/C=C\CCCCCCCCC. The molecule has 0 heterocycles. The Morgan fingerprint density at radius 3 is 0.900 bits per heavy atom. The van der Waals surface area contributed by atoms with Gasteiger partial charge in [0.2, 0.25) is 0 Å². The van der Waals surface area contributed by atoms with Crippen LogP contribution in [0.2, 0.25) is 0 Å². The van der Waals surface area contributed by atoms with E-state index in [-0.39, 0.29) is 31.1 Å². The maximum absolute atomic E-state index is 12.8. The zero-order valence-electron chi connectivity index (χ0n) is 40.0. The van der Waals surface area contributed by atoms with E-state index in [2.05, 4.69) is 57.2 Å². The smallest absolute Gasteiger partial charge is 0.306 e. The van der Waals surface area contributed by atoms with Crippen LogP contribution in [0.25, 0.3) is 0 Å². The molecule has 0 aliphatic rings. The second-order valence-corrected chi connectivity index (χ2v) is 17.4. The van der Waals surface area contributed by atoms with Gasteiger partial charge in [-0.25, -0.2) is 0 Å². The van der Waals surface area contributed by atoms with Gasteiger partial charge in [0.25, 0.3) is 0 Å². The van der Waals surface area contributed by atoms with Crippen molar-refractivity contribution in [3.8, 4) is 0 Å². The highest BCUT2D eigenvalue weighted by Gasteiger charge is 2.19. The molecule has 0 spiro atoms. The second kappa shape index (κ2) is 49.3. The van der Waals surface area contributed by atoms with Crippen molar-refractivity contribution in [2.24, 2.45) is 0 Å². The molecule has 6 heteroatoms. The molecule has 0 amide bonds. The lowest BCUT2D eigenvalue weighted by atomic mass is 10.1. The normalized spacial score (nSPS) is 12.2. The Labute approximate surface area is 372 Å². The van der Waals surface area contributed by atoms with Crippen molar-refractivity contribution in [2.75, 3.05) is 13.2 Å². The molecule has 0 rings (SSSR count). The summed E-state index contributed by atoms with van der Waals surface area (Å²) in [6, 6.07) is 0. The van der Waals surface area contributed by atoms with Crippen LogP contribution >= 0.6 is 0 Å². The molecule has 0 aromatic carbocycles. The molecule has 0 saturated heterocycles. The minimum Gasteiger partial charge on any atom is -0.462 e. The lowest BCUT2D eigenvalue weighted by Crippen LogP contribution is -2.30. The highest BCUT2D eigenvalue weighted by atomic mass is 16.6. The standard InChI is InChI=1S/C54H98O6/c1-4-7-10-13-16-19-22-24-26-27-28-30-32-35-38-41-44-47-53(56)59-50-51(49-58-52(55)46-43-40-37-34-31-21-18-15-12-9-6-3)60-54(57)48-45-42-39-36-33-29-25-23-20-17-14-11-8-5-2/h15,18,24,26,29,33,51H,4-14,16-17,19-23,25,27-28,30-32,34-50H2,1-3H3/b18-15-,26-24-,33-29-. The number of unbranched alkanes of at least 4 members (excludes halogenated alkanes) is 30. The van der Waals surface area contributed by atoms with Crippen molar-refractivity contribution in [2.45, 2.75) is 277 Å². The van der Waals surface area contributed by atoms with Crippen LogP contribution in [0.5, 0.6) is 0 Å². The molecule has 0 radical (unpaired) electrons. The highest BCUT2D eigenvalue weighted by Crippen LogP contribution is 2.14. The van der Waals surface area contributed by atoms with E-state index < -0.39 is 6.10 Å². The zero-order valence-corrected chi connectivity index (χ0v) is 40.0. The summed E-state index contributed by atoms with van der Waals surface area (Å²) in [5, 5.41) is 0. The molecule has 0 fully saturated rings. The van der Waals surface area contributed by atoms with Crippen LogP contribution in [-0.2, 0) is 28.6 Å². The zero-order chi connectivity index (χ0) is 43.7. The summed E-state index contributed by atoms with van der Waals surface area (Å²) in [5.41, 5.74) is 0. The van der Waals surface area contributed by atoms with Gasteiger partial charge in [0.1, 0.15) is 13.2 Å². The van der Waals surface area contributed by atoms with Gasteiger partial charge < -0.3 is 14.2 Å². The first-order valence-electron chi connectivity index (χ1n) is 26.0. The summed E-state index contributed by atoms with van der Waals surface area (Å²) in [7, 11) is 0. The molecular weight excluding hydrogens is 745 g/mol. The summed E-state index contributed by atoms with van der Waals surface area (Å²) < 4.78 is 16.8. The maximum atomic E-state index is 12.8. The summed E-state index contributed by atoms with van der Waals surface area (Å²) in [6.07, 6.45) is 57.0. The van der Waals surface area contributed by atoms with Crippen molar-refractivity contribution in [1.29, 1.82) is 0 Å². The van der Waals surface area contributed by atoms with Crippen molar-refractivity contribution in [1.82, 2.24) is 0 Å². The highest BCUT2D eigenvalue weighted by molar-refractivity contribution is 5.71. The number of hydrogen-bond donors (Lipinski definition) is 0. The Kier molecular flexibility index (Phi) is 47.3. The molecule has 0 aromatic heterocycles. The van der Waals surface area contributed by atoms with E-state index in [0.717, 1.165) is 77.0 Å². The van der Waals surface area contributed by atoms with Gasteiger partial charge >= 0.3 is 17.9 Å². The number of ether oxygens (including phenoxy) is 3. The van der Waals surface area contributed by atoms with Gasteiger partial charge in [0, 0.05) is 19.3 Å². The lowest BCUT2D eigenvalue weighted by Gasteiger charge is -2.18. The summed E-state index contributed by atoms with van der Waals surface area (Å²) in [6.45, 7) is 6.58. The molecule has 0 N–H and O–H groups in total. The van der Waals surface area contributed by atoms with E-state index in [4.69, 9.17) is 14.2 Å². The van der Waals surface area contributed by atoms with Crippen LogP contribution in [0.15, 0.2) is 36.5 Å². The molecule has 1 atom stereocenters. The first-order chi connectivity index (χ1) is 29.5. The average molecular weight is 843 g/mol. The van der Waals surface area contributed by atoms with Gasteiger partial charge in [-0.3, -0.25) is 14.4 Å². The maximum Gasteiger partial charge on any atom is 0.306 e. The van der Waals surface area contributed by atoms with Crippen LogP contribution in [-0.4, -0.2) is 37.2 Å². The molecule has 6 nitrogen and oxygen atoms in total. The van der Waals surface area contributed by atoms with Crippen molar-refractivity contribution < 1.29 is 28.6 Å². The third-order valence-electron chi connectivity index (χ3n) is 11.3. The predicted octanol–water partition coefficient (Wildman–Crippen LogP) is 16.9. The summed E-state index contributed by atoms with van der Waals surface area (Å²) >= 11 is 0. The number of carbonyl (C=O) groups is 3. The van der Waals surface area contributed by atoms with E-state index >= 15 is 0 Å². The van der Waals surface area contributed by atoms with Crippen LogP contribution in [0.3, 0.4) is 0 Å².